The lowest BCUT2D eigenvalue weighted by Gasteiger charge is -2.01. The summed E-state index contributed by atoms with van der Waals surface area (Å²) >= 11 is 2.57. The van der Waals surface area contributed by atoms with Crippen molar-refractivity contribution in [3.05, 3.63) is 33.1 Å². The van der Waals surface area contributed by atoms with Gasteiger partial charge in [0.1, 0.15) is 0 Å². The molecule has 2 aromatic rings. The minimum atomic E-state index is -3.51. The molecule has 0 atom stereocenters. The molecule has 2 N–H and O–H groups in total. The SMILES string of the molecule is Cc1ncc(S(=O)(=O)NCc2ccc(C#CCCO)s2)s1. The molecule has 0 saturated carbocycles. The number of aliphatic hydroxyl groups is 1. The Balaban J connectivity index is 1.99. The van der Waals surface area contributed by atoms with E-state index < -0.39 is 10.0 Å². The Labute approximate surface area is 131 Å². The van der Waals surface area contributed by atoms with Crippen molar-refractivity contribution in [3.8, 4) is 11.8 Å². The number of hydrogen-bond acceptors (Lipinski definition) is 6. The quantitative estimate of drug-likeness (QED) is 0.811. The maximum Gasteiger partial charge on any atom is 0.252 e. The van der Waals surface area contributed by atoms with Gasteiger partial charge in [0.15, 0.2) is 4.21 Å². The molecule has 0 aliphatic heterocycles. The molecule has 0 fully saturated rings. The van der Waals surface area contributed by atoms with Crippen molar-refractivity contribution in [1.82, 2.24) is 9.71 Å². The third kappa shape index (κ3) is 4.62. The molecular formula is C13H14N2O3S3. The minimum Gasteiger partial charge on any atom is -0.395 e. The molecule has 0 amide bonds. The van der Waals surface area contributed by atoms with Gasteiger partial charge in [-0.3, -0.25) is 0 Å². The number of thiazole rings is 1. The van der Waals surface area contributed by atoms with Crippen LogP contribution in [0.3, 0.4) is 0 Å². The largest absolute Gasteiger partial charge is 0.395 e. The Hall–Kier alpha value is -1.24. The molecule has 2 heterocycles. The molecule has 0 bridgehead atoms. The zero-order valence-corrected chi connectivity index (χ0v) is 13.7. The van der Waals surface area contributed by atoms with Crippen molar-refractivity contribution >= 4 is 32.7 Å². The first kappa shape index (κ1) is 16.1. The van der Waals surface area contributed by atoms with Crippen molar-refractivity contribution < 1.29 is 13.5 Å². The van der Waals surface area contributed by atoms with Crippen LogP contribution in [0.4, 0.5) is 0 Å². The van der Waals surface area contributed by atoms with E-state index in [-0.39, 0.29) is 17.4 Å². The van der Waals surface area contributed by atoms with Crippen LogP contribution in [0.25, 0.3) is 0 Å². The molecule has 2 rings (SSSR count). The molecule has 0 radical (unpaired) electrons. The second-order valence-corrected chi connectivity index (χ2v) is 8.46. The first-order valence-corrected chi connectivity index (χ1v) is 9.23. The predicted octanol–water partition coefficient (Wildman–Crippen LogP) is 1.73. The van der Waals surface area contributed by atoms with Crippen molar-refractivity contribution in [2.45, 2.75) is 24.1 Å². The van der Waals surface area contributed by atoms with E-state index in [4.69, 9.17) is 5.11 Å². The number of nitrogens with zero attached hydrogens (tertiary/aromatic N) is 1. The zero-order chi connectivity index (χ0) is 15.3. The maximum atomic E-state index is 12.0. The summed E-state index contributed by atoms with van der Waals surface area (Å²) in [5.41, 5.74) is 0. The normalized spacial score (nSPS) is 11.1. The molecule has 0 spiro atoms. The van der Waals surface area contributed by atoms with Crippen LogP contribution >= 0.6 is 22.7 Å². The standard InChI is InChI=1S/C13H14N2O3S3/c1-10-14-9-13(19-10)21(17,18)15-8-12-6-5-11(20-12)4-2-3-7-16/h5-6,9,15-16H,3,7-8H2,1H3. The van der Waals surface area contributed by atoms with Crippen LogP contribution in [0.1, 0.15) is 21.2 Å². The number of aliphatic hydroxyl groups excluding tert-OH is 1. The molecular weight excluding hydrogens is 328 g/mol. The molecule has 5 nitrogen and oxygen atoms in total. The van der Waals surface area contributed by atoms with Crippen LogP contribution in [0.15, 0.2) is 22.5 Å². The van der Waals surface area contributed by atoms with E-state index in [1.165, 1.54) is 17.5 Å². The summed E-state index contributed by atoms with van der Waals surface area (Å²) in [6.45, 7) is 2.03. The van der Waals surface area contributed by atoms with Crippen molar-refractivity contribution in [3.63, 3.8) is 0 Å². The minimum absolute atomic E-state index is 0.0410. The summed E-state index contributed by atoms with van der Waals surface area (Å²) in [7, 11) is -3.51. The van der Waals surface area contributed by atoms with Crippen molar-refractivity contribution in [2.24, 2.45) is 0 Å². The van der Waals surface area contributed by atoms with E-state index in [1.54, 1.807) is 6.92 Å². The summed E-state index contributed by atoms with van der Waals surface area (Å²) in [5, 5.41) is 9.37. The topological polar surface area (TPSA) is 79.3 Å². The Kier molecular flexibility index (Phi) is 5.50. The third-order valence-electron chi connectivity index (χ3n) is 2.41. The van der Waals surface area contributed by atoms with E-state index in [1.807, 2.05) is 12.1 Å². The molecule has 0 aromatic carbocycles. The molecule has 0 saturated heterocycles. The Morgan fingerprint density at radius 2 is 2.19 bits per heavy atom. The number of sulfonamides is 1. The predicted molar refractivity (Wildman–Crippen MR) is 83.8 cm³/mol. The van der Waals surface area contributed by atoms with Gasteiger partial charge in [-0.25, -0.2) is 18.1 Å². The lowest BCUT2D eigenvalue weighted by atomic mass is 10.4. The highest BCUT2D eigenvalue weighted by molar-refractivity contribution is 7.91. The number of aryl methyl sites for hydroxylation is 1. The summed E-state index contributed by atoms with van der Waals surface area (Å²) in [6.07, 6.45) is 1.80. The highest BCUT2D eigenvalue weighted by Crippen LogP contribution is 2.19. The van der Waals surface area contributed by atoms with Gasteiger partial charge in [-0.1, -0.05) is 11.8 Å². The lowest BCUT2D eigenvalue weighted by Crippen LogP contribution is -2.21. The summed E-state index contributed by atoms with van der Waals surface area (Å²) in [5.74, 6) is 5.75. The molecule has 0 aliphatic carbocycles. The number of hydrogen-bond donors (Lipinski definition) is 2. The van der Waals surface area contributed by atoms with Gasteiger partial charge in [-0.2, -0.15) is 0 Å². The molecule has 8 heteroatoms. The van der Waals surface area contributed by atoms with Crippen LogP contribution in [-0.4, -0.2) is 25.1 Å². The van der Waals surface area contributed by atoms with E-state index in [0.717, 1.165) is 21.1 Å². The zero-order valence-electron chi connectivity index (χ0n) is 11.3. The van der Waals surface area contributed by atoms with Gasteiger partial charge in [0.2, 0.25) is 0 Å². The highest BCUT2D eigenvalue weighted by atomic mass is 32.2. The number of aromatic nitrogens is 1. The summed E-state index contributed by atoms with van der Waals surface area (Å²) in [4.78, 5) is 5.68. The number of nitrogens with one attached hydrogen (secondary N) is 1. The van der Waals surface area contributed by atoms with Gasteiger partial charge in [0.25, 0.3) is 10.0 Å². The Bertz CT molecular complexity index is 766. The van der Waals surface area contributed by atoms with Gasteiger partial charge in [0.05, 0.1) is 22.7 Å². The van der Waals surface area contributed by atoms with Crippen LogP contribution in [0.5, 0.6) is 0 Å². The average Bonchev–Trinajstić information content (AvgIpc) is 3.06. The third-order valence-corrected chi connectivity index (χ3v) is 6.19. The highest BCUT2D eigenvalue weighted by Gasteiger charge is 2.16. The smallest absolute Gasteiger partial charge is 0.252 e. The first-order chi connectivity index (χ1) is 10.0. The fraction of sp³-hybridized carbons (Fsp3) is 0.308. The van der Waals surface area contributed by atoms with Gasteiger partial charge in [0, 0.05) is 17.8 Å². The molecule has 21 heavy (non-hydrogen) atoms. The van der Waals surface area contributed by atoms with Gasteiger partial charge >= 0.3 is 0 Å². The van der Waals surface area contributed by atoms with Crippen molar-refractivity contribution in [1.29, 1.82) is 0 Å². The van der Waals surface area contributed by atoms with E-state index >= 15 is 0 Å². The Morgan fingerprint density at radius 1 is 1.38 bits per heavy atom. The first-order valence-electron chi connectivity index (χ1n) is 6.12. The van der Waals surface area contributed by atoms with Crippen LogP contribution < -0.4 is 4.72 Å². The van der Waals surface area contributed by atoms with E-state index in [2.05, 4.69) is 21.5 Å². The fourth-order valence-electron chi connectivity index (χ4n) is 1.45. The van der Waals surface area contributed by atoms with E-state index in [9.17, 15) is 8.42 Å². The monoisotopic (exact) mass is 342 g/mol. The van der Waals surface area contributed by atoms with Gasteiger partial charge in [-0.05, 0) is 19.1 Å². The van der Waals surface area contributed by atoms with Crippen LogP contribution in [-0.2, 0) is 16.6 Å². The maximum absolute atomic E-state index is 12.0. The fourth-order valence-corrected chi connectivity index (χ4v) is 4.52. The van der Waals surface area contributed by atoms with Gasteiger partial charge in [-0.15, -0.1) is 22.7 Å². The van der Waals surface area contributed by atoms with E-state index in [0.29, 0.717) is 11.4 Å². The number of thiophene rings is 1. The lowest BCUT2D eigenvalue weighted by molar-refractivity contribution is 0.305. The van der Waals surface area contributed by atoms with Crippen molar-refractivity contribution in [2.75, 3.05) is 6.61 Å². The molecule has 0 unspecified atom stereocenters. The Morgan fingerprint density at radius 3 is 2.86 bits per heavy atom. The molecule has 112 valence electrons. The molecule has 2 aromatic heterocycles. The second-order valence-electron chi connectivity index (χ2n) is 4.06. The molecule has 0 aliphatic rings. The summed E-state index contributed by atoms with van der Waals surface area (Å²) in [6, 6.07) is 3.68. The van der Waals surface area contributed by atoms with Crippen LogP contribution in [0, 0.1) is 18.8 Å². The number of rotatable bonds is 5. The summed E-state index contributed by atoms with van der Waals surface area (Å²) < 4.78 is 26.9. The average molecular weight is 342 g/mol. The van der Waals surface area contributed by atoms with Gasteiger partial charge < -0.3 is 5.11 Å². The second kappa shape index (κ2) is 7.15. The van der Waals surface area contributed by atoms with Crippen LogP contribution in [0.2, 0.25) is 0 Å².